The quantitative estimate of drug-likeness (QED) is 0.754. The number of hydrogen-bond acceptors (Lipinski definition) is 3. The number of rotatable bonds is 2. The van der Waals surface area contributed by atoms with E-state index in [1.807, 2.05) is 31.3 Å². The minimum Gasteiger partial charge on any atom is -0.473 e. The van der Waals surface area contributed by atoms with Gasteiger partial charge in [0.05, 0.1) is 12.5 Å². The number of furan rings is 1. The highest BCUT2D eigenvalue weighted by Gasteiger charge is 1.92. The van der Waals surface area contributed by atoms with Crippen LogP contribution in [0.1, 0.15) is 24.9 Å². The first-order chi connectivity index (χ1) is 7.33. The van der Waals surface area contributed by atoms with Gasteiger partial charge < -0.3 is 4.42 Å². The molecule has 0 N–H and O–H groups in total. The number of hydrogen-bond donors (Lipinski definition) is 0. The maximum Gasteiger partial charge on any atom is 0.128 e. The fourth-order valence-electron chi connectivity index (χ4n) is 1.07. The van der Waals surface area contributed by atoms with Crippen LogP contribution in [-0.4, -0.2) is 9.97 Å². The van der Waals surface area contributed by atoms with Crippen LogP contribution in [0.25, 0.3) is 0 Å². The first kappa shape index (κ1) is 11.4. The van der Waals surface area contributed by atoms with Crippen molar-refractivity contribution < 1.29 is 4.42 Å². The second kappa shape index (κ2) is 6.76. The third-order valence-electron chi connectivity index (χ3n) is 1.74. The molecule has 0 radical (unpaired) electrons. The summed E-state index contributed by atoms with van der Waals surface area (Å²) in [5.74, 6) is 0.961. The predicted molar refractivity (Wildman–Crippen MR) is 59.5 cm³/mol. The Labute approximate surface area is 90.2 Å². The van der Waals surface area contributed by atoms with E-state index in [-0.39, 0.29) is 0 Å². The second-order valence-electron chi connectivity index (χ2n) is 3.16. The van der Waals surface area contributed by atoms with E-state index in [4.69, 9.17) is 0 Å². The maximum absolute atomic E-state index is 4.58. The van der Waals surface area contributed by atoms with Crippen LogP contribution in [0.4, 0.5) is 0 Å². The lowest BCUT2D eigenvalue weighted by Crippen LogP contribution is -1.94. The zero-order valence-electron chi connectivity index (χ0n) is 9.18. The lowest BCUT2D eigenvalue weighted by Gasteiger charge is -1.95. The summed E-state index contributed by atoms with van der Waals surface area (Å²) in [6.45, 7) is 4.12. The molecule has 0 amide bonds. The zero-order chi connectivity index (χ0) is 10.9. The summed E-state index contributed by atoms with van der Waals surface area (Å²) in [5, 5.41) is 0. The number of aryl methyl sites for hydroxylation is 2. The average Bonchev–Trinajstić information content (AvgIpc) is 2.76. The van der Waals surface area contributed by atoms with Crippen molar-refractivity contribution >= 4 is 0 Å². The number of nitrogens with zero attached hydrogens (tertiary/aromatic N) is 2. The van der Waals surface area contributed by atoms with Crippen LogP contribution in [0, 0.1) is 6.92 Å². The van der Waals surface area contributed by atoms with Gasteiger partial charge >= 0.3 is 0 Å². The lowest BCUT2D eigenvalue weighted by molar-refractivity contribution is 0.567. The van der Waals surface area contributed by atoms with Crippen molar-refractivity contribution in [2.24, 2.45) is 0 Å². The molecule has 2 heterocycles. The Hall–Kier alpha value is -1.64. The van der Waals surface area contributed by atoms with E-state index in [1.165, 1.54) is 0 Å². The fourth-order valence-corrected chi connectivity index (χ4v) is 1.07. The molecule has 0 fully saturated rings. The van der Waals surface area contributed by atoms with E-state index in [0.29, 0.717) is 0 Å². The van der Waals surface area contributed by atoms with E-state index in [1.54, 1.807) is 12.5 Å². The van der Waals surface area contributed by atoms with Crippen LogP contribution in [0.5, 0.6) is 0 Å². The highest BCUT2D eigenvalue weighted by molar-refractivity contribution is 4.99. The summed E-state index contributed by atoms with van der Waals surface area (Å²) in [7, 11) is 0. The Morgan fingerprint density at radius 1 is 1.27 bits per heavy atom. The van der Waals surface area contributed by atoms with Crippen molar-refractivity contribution in [3.63, 3.8) is 0 Å². The molecule has 0 aliphatic carbocycles. The molecular weight excluding hydrogens is 188 g/mol. The highest BCUT2D eigenvalue weighted by Crippen LogP contribution is 1.95. The monoisotopic (exact) mass is 204 g/mol. The minimum absolute atomic E-state index is 0.961. The molecule has 0 saturated heterocycles. The van der Waals surface area contributed by atoms with E-state index in [9.17, 15) is 0 Å². The standard InChI is InChI=1S/C8H12N2.C4H4O/c1-3-4-8-9-6-5-7(2)10-8;1-2-4-5-3-1/h5-6H,3-4H2,1-2H3;1-4H. The Bertz CT molecular complexity index is 340. The van der Waals surface area contributed by atoms with Gasteiger partial charge in [0.15, 0.2) is 0 Å². The molecule has 0 aliphatic heterocycles. The van der Waals surface area contributed by atoms with Gasteiger partial charge in [-0.1, -0.05) is 6.92 Å². The van der Waals surface area contributed by atoms with Crippen molar-refractivity contribution in [3.05, 3.63) is 48.4 Å². The highest BCUT2D eigenvalue weighted by atomic mass is 16.3. The molecule has 3 heteroatoms. The minimum atomic E-state index is 0.961. The van der Waals surface area contributed by atoms with Gasteiger partial charge in [-0.25, -0.2) is 9.97 Å². The summed E-state index contributed by atoms with van der Waals surface area (Å²) in [6.07, 6.45) is 7.17. The van der Waals surface area contributed by atoms with Gasteiger partial charge in [-0.2, -0.15) is 0 Å². The van der Waals surface area contributed by atoms with Gasteiger partial charge in [-0.15, -0.1) is 0 Å². The van der Waals surface area contributed by atoms with Gasteiger partial charge in [0.1, 0.15) is 5.82 Å². The van der Waals surface area contributed by atoms with Crippen LogP contribution in [0.15, 0.2) is 41.3 Å². The first-order valence-corrected chi connectivity index (χ1v) is 5.08. The fraction of sp³-hybridized carbons (Fsp3) is 0.333. The molecule has 2 aromatic rings. The molecule has 0 saturated carbocycles. The van der Waals surface area contributed by atoms with Crippen molar-refractivity contribution in [2.45, 2.75) is 26.7 Å². The van der Waals surface area contributed by atoms with Gasteiger partial charge in [-0.3, -0.25) is 0 Å². The largest absolute Gasteiger partial charge is 0.473 e. The molecule has 3 nitrogen and oxygen atoms in total. The van der Waals surface area contributed by atoms with Gasteiger partial charge in [-0.05, 0) is 31.5 Å². The van der Waals surface area contributed by atoms with Crippen LogP contribution in [0.2, 0.25) is 0 Å². The normalized spacial score (nSPS) is 9.20. The van der Waals surface area contributed by atoms with Gasteiger partial charge in [0, 0.05) is 18.3 Å². The molecule has 0 aliphatic rings. The molecule has 2 aromatic heterocycles. The predicted octanol–water partition coefficient (Wildman–Crippen LogP) is 3.02. The first-order valence-electron chi connectivity index (χ1n) is 5.08. The zero-order valence-corrected chi connectivity index (χ0v) is 9.18. The van der Waals surface area contributed by atoms with Crippen molar-refractivity contribution in [1.82, 2.24) is 9.97 Å². The Kier molecular flexibility index (Phi) is 5.15. The van der Waals surface area contributed by atoms with E-state index in [2.05, 4.69) is 21.3 Å². The lowest BCUT2D eigenvalue weighted by atomic mass is 10.3. The third kappa shape index (κ3) is 4.96. The third-order valence-corrected chi connectivity index (χ3v) is 1.74. The molecule has 2 rings (SSSR count). The Morgan fingerprint density at radius 2 is 2.00 bits per heavy atom. The van der Waals surface area contributed by atoms with E-state index in [0.717, 1.165) is 24.4 Å². The SMILES string of the molecule is CCCc1nccc(C)n1.c1ccoc1. The molecule has 0 spiro atoms. The topological polar surface area (TPSA) is 38.9 Å². The van der Waals surface area contributed by atoms with Gasteiger partial charge in [0.25, 0.3) is 0 Å². The van der Waals surface area contributed by atoms with E-state index >= 15 is 0 Å². The van der Waals surface area contributed by atoms with Crippen LogP contribution in [-0.2, 0) is 6.42 Å². The summed E-state index contributed by atoms with van der Waals surface area (Å²) >= 11 is 0. The van der Waals surface area contributed by atoms with Crippen LogP contribution in [0.3, 0.4) is 0 Å². The molecule has 0 bridgehead atoms. The summed E-state index contributed by atoms with van der Waals surface area (Å²) in [6, 6.07) is 5.58. The maximum atomic E-state index is 4.58. The smallest absolute Gasteiger partial charge is 0.128 e. The summed E-state index contributed by atoms with van der Waals surface area (Å²) < 4.78 is 4.58. The molecule has 15 heavy (non-hydrogen) atoms. The van der Waals surface area contributed by atoms with Crippen LogP contribution < -0.4 is 0 Å². The molecular formula is C12H16N2O. The van der Waals surface area contributed by atoms with Crippen molar-refractivity contribution in [2.75, 3.05) is 0 Å². The molecule has 0 unspecified atom stereocenters. The molecule has 0 atom stereocenters. The van der Waals surface area contributed by atoms with Gasteiger partial charge in [0.2, 0.25) is 0 Å². The summed E-state index contributed by atoms with van der Waals surface area (Å²) in [5.41, 5.74) is 1.05. The van der Waals surface area contributed by atoms with E-state index < -0.39 is 0 Å². The van der Waals surface area contributed by atoms with Crippen molar-refractivity contribution in [3.8, 4) is 0 Å². The number of aromatic nitrogens is 2. The Balaban J connectivity index is 0.000000187. The average molecular weight is 204 g/mol. The second-order valence-corrected chi connectivity index (χ2v) is 3.16. The van der Waals surface area contributed by atoms with Crippen molar-refractivity contribution in [1.29, 1.82) is 0 Å². The molecule has 0 aromatic carbocycles. The Morgan fingerprint density at radius 3 is 2.47 bits per heavy atom. The van der Waals surface area contributed by atoms with Crippen LogP contribution >= 0.6 is 0 Å². The summed E-state index contributed by atoms with van der Waals surface area (Å²) in [4.78, 5) is 8.37. The molecule has 80 valence electrons.